The Morgan fingerprint density at radius 3 is 2.96 bits per heavy atom. The molecule has 0 aliphatic heterocycles. The number of carbonyl (C=O) groups is 1. The SMILES string of the molecule is COc1ccc(NC(=O)CN(Cc2nccs2)C2CC2)cc1Cl. The Hall–Kier alpha value is -1.63. The molecule has 1 amide bonds. The van der Waals surface area contributed by atoms with Gasteiger partial charge in [-0.15, -0.1) is 11.3 Å². The van der Waals surface area contributed by atoms with Crippen LogP contribution in [-0.4, -0.2) is 35.5 Å². The van der Waals surface area contributed by atoms with Crippen molar-refractivity contribution in [2.45, 2.75) is 25.4 Å². The smallest absolute Gasteiger partial charge is 0.238 e. The van der Waals surface area contributed by atoms with Crippen molar-refractivity contribution in [1.29, 1.82) is 0 Å². The largest absolute Gasteiger partial charge is 0.495 e. The van der Waals surface area contributed by atoms with Crippen molar-refractivity contribution < 1.29 is 9.53 Å². The molecule has 1 aliphatic rings. The molecular formula is C16H18ClN3O2S. The van der Waals surface area contributed by atoms with Crippen LogP contribution in [0.4, 0.5) is 5.69 Å². The second-order valence-corrected chi connectivity index (χ2v) is 6.85. The average molecular weight is 352 g/mol. The summed E-state index contributed by atoms with van der Waals surface area (Å²) < 4.78 is 5.11. The second kappa shape index (κ2) is 7.29. The van der Waals surface area contributed by atoms with Crippen LogP contribution in [0.3, 0.4) is 0 Å². The highest BCUT2D eigenvalue weighted by molar-refractivity contribution is 7.09. The summed E-state index contributed by atoms with van der Waals surface area (Å²) in [7, 11) is 1.56. The van der Waals surface area contributed by atoms with Crippen LogP contribution >= 0.6 is 22.9 Å². The first-order chi connectivity index (χ1) is 11.2. The van der Waals surface area contributed by atoms with Crippen molar-refractivity contribution in [1.82, 2.24) is 9.88 Å². The number of carbonyl (C=O) groups excluding carboxylic acids is 1. The maximum atomic E-state index is 12.3. The van der Waals surface area contributed by atoms with Crippen LogP contribution in [-0.2, 0) is 11.3 Å². The lowest BCUT2D eigenvalue weighted by molar-refractivity contribution is -0.117. The van der Waals surface area contributed by atoms with Crippen molar-refractivity contribution in [2.75, 3.05) is 19.0 Å². The van der Waals surface area contributed by atoms with Gasteiger partial charge in [-0.3, -0.25) is 9.69 Å². The van der Waals surface area contributed by atoms with Gasteiger partial charge in [0, 0.05) is 23.3 Å². The summed E-state index contributed by atoms with van der Waals surface area (Å²) >= 11 is 7.70. The number of amides is 1. The number of rotatable bonds is 7. The Balaban J connectivity index is 1.59. The lowest BCUT2D eigenvalue weighted by Crippen LogP contribution is -2.34. The molecule has 0 unspecified atom stereocenters. The van der Waals surface area contributed by atoms with E-state index in [2.05, 4.69) is 15.2 Å². The Morgan fingerprint density at radius 1 is 1.52 bits per heavy atom. The first kappa shape index (κ1) is 16.2. The molecule has 0 bridgehead atoms. The molecule has 0 atom stereocenters. The summed E-state index contributed by atoms with van der Waals surface area (Å²) in [5, 5.41) is 6.37. The van der Waals surface area contributed by atoms with Gasteiger partial charge in [-0.05, 0) is 31.0 Å². The Kier molecular flexibility index (Phi) is 5.15. The zero-order valence-electron chi connectivity index (χ0n) is 12.8. The van der Waals surface area contributed by atoms with Gasteiger partial charge in [-0.1, -0.05) is 11.6 Å². The van der Waals surface area contributed by atoms with Crippen molar-refractivity contribution in [3.63, 3.8) is 0 Å². The van der Waals surface area contributed by atoms with Crippen LogP contribution in [0.25, 0.3) is 0 Å². The number of ether oxygens (including phenoxy) is 1. The minimum Gasteiger partial charge on any atom is -0.495 e. The summed E-state index contributed by atoms with van der Waals surface area (Å²) in [5.41, 5.74) is 0.672. The molecule has 23 heavy (non-hydrogen) atoms. The van der Waals surface area contributed by atoms with Crippen LogP contribution in [0.5, 0.6) is 5.75 Å². The van der Waals surface area contributed by atoms with E-state index in [1.54, 1.807) is 42.8 Å². The monoisotopic (exact) mass is 351 g/mol. The van der Waals surface area contributed by atoms with E-state index in [1.165, 1.54) is 0 Å². The highest BCUT2D eigenvalue weighted by Gasteiger charge is 2.30. The molecule has 0 spiro atoms. The van der Waals surface area contributed by atoms with E-state index in [1.807, 2.05) is 5.38 Å². The maximum Gasteiger partial charge on any atom is 0.238 e. The topological polar surface area (TPSA) is 54.5 Å². The summed E-state index contributed by atoms with van der Waals surface area (Å²) in [6.45, 7) is 1.08. The standard InChI is InChI=1S/C16H18ClN3O2S/c1-22-14-5-2-11(8-13(14)17)19-15(21)9-20(12-3-4-12)10-16-18-6-7-23-16/h2,5-8,12H,3-4,9-10H2,1H3,(H,19,21). The molecular weight excluding hydrogens is 334 g/mol. The zero-order valence-corrected chi connectivity index (χ0v) is 14.4. The molecule has 2 aromatic rings. The molecule has 5 nitrogen and oxygen atoms in total. The van der Waals surface area contributed by atoms with E-state index in [-0.39, 0.29) is 5.91 Å². The van der Waals surface area contributed by atoms with E-state index in [9.17, 15) is 4.79 Å². The third kappa shape index (κ3) is 4.43. The number of nitrogens with one attached hydrogen (secondary N) is 1. The second-order valence-electron chi connectivity index (χ2n) is 5.46. The number of aromatic nitrogens is 1. The number of benzene rings is 1. The third-order valence-electron chi connectivity index (χ3n) is 3.67. The van der Waals surface area contributed by atoms with Crippen LogP contribution in [0.15, 0.2) is 29.8 Å². The number of thiazole rings is 1. The Labute approximate surface area is 144 Å². The number of hydrogen-bond donors (Lipinski definition) is 1. The molecule has 1 aromatic heterocycles. The van der Waals surface area contributed by atoms with Crippen LogP contribution < -0.4 is 10.1 Å². The fraction of sp³-hybridized carbons (Fsp3) is 0.375. The molecule has 122 valence electrons. The minimum atomic E-state index is -0.0466. The normalized spacial score (nSPS) is 14.0. The van der Waals surface area contributed by atoms with Gasteiger partial charge in [0.2, 0.25) is 5.91 Å². The van der Waals surface area contributed by atoms with Gasteiger partial charge < -0.3 is 10.1 Å². The van der Waals surface area contributed by atoms with E-state index in [4.69, 9.17) is 16.3 Å². The van der Waals surface area contributed by atoms with E-state index in [0.717, 1.165) is 24.4 Å². The van der Waals surface area contributed by atoms with Gasteiger partial charge in [-0.2, -0.15) is 0 Å². The number of hydrogen-bond acceptors (Lipinski definition) is 5. The average Bonchev–Trinajstić information content (AvgIpc) is 3.25. The first-order valence-electron chi connectivity index (χ1n) is 7.41. The lowest BCUT2D eigenvalue weighted by atomic mass is 10.3. The fourth-order valence-corrected chi connectivity index (χ4v) is 3.29. The van der Waals surface area contributed by atoms with E-state index < -0.39 is 0 Å². The first-order valence-corrected chi connectivity index (χ1v) is 8.67. The van der Waals surface area contributed by atoms with Crippen molar-refractivity contribution in [2.24, 2.45) is 0 Å². The van der Waals surface area contributed by atoms with Crippen LogP contribution in [0, 0.1) is 0 Å². The summed E-state index contributed by atoms with van der Waals surface area (Å²) in [5.74, 6) is 0.544. The highest BCUT2D eigenvalue weighted by Crippen LogP contribution is 2.29. The number of halogens is 1. The minimum absolute atomic E-state index is 0.0466. The highest BCUT2D eigenvalue weighted by atomic mass is 35.5. The Morgan fingerprint density at radius 2 is 2.35 bits per heavy atom. The number of methoxy groups -OCH3 is 1. The number of anilines is 1. The predicted octanol–water partition coefficient (Wildman–Crippen LogP) is 3.41. The molecule has 3 rings (SSSR count). The molecule has 1 saturated carbocycles. The molecule has 1 N–H and O–H groups in total. The molecule has 0 saturated heterocycles. The predicted molar refractivity (Wildman–Crippen MR) is 92.2 cm³/mol. The van der Waals surface area contributed by atoms with Crippen molar-refractivity contribution in [3.05, 3.63) is 39.8 Å². The third-order valence-corrected chi connectivity index (χ3v) is 4.73. The molecule has 0 radical (unpaired) electrons. The quantitative estimate of drug-likeness (QED) is 0.830. The molecule has 1 aromatic carbocycles. The van der Waals surface area contributed by atoms with Gasteiger partial charge in [0.05, 0.1) is 25.2 Å². The van der Waals surface area contributed by atoms with Crippen molar-refractivity contribution >= 4 is 34.5 Å². The number of nitrogens with zero attached hydrogens (tertiary/aromatic N) is 2. The zero-order chi connectivity index (χ0) is 16.2. The summed E-state index contributed by atoms with van der Waals surface area (Å²) in [4.78, 5) is 18.8. The summed E-state index contributed by atoms with van der Waals surface area (Å²) in [6, 6.07) is 5.71. The van der Waals surface area contributed by atoms with Gasteiger partial charge >= 0.3 is 0 Å². The Bertz CT molecular complexity index is 674. The van der Waals surface area contributed by atoms with E-state index >= 15 is 0 Å². The molecule has 1 fully saturated rings. The summed E-state index contributed by atoms with van der Waals surface area (Å²) in [6.07, 6.45) is 4.09. The molecule has 1 heterocycles. The fourth-order valence-electron chi connectivity index (χ4n) is 2.39. The lowest BCUT2D eigenvalue weighted by Gasteiger charge is -2.20. The van der Waals surface area contributed by atoms with Gasteiger partial charge in [0.15, 0.2) is 0 Å². The maximum absolute atomic E-state index is 12.3. The van der Waals surface area contributed by atoms with Crippen molar-refractivity contribution in [3.8, 4) is 5.75 Å². The van der Waals surface area contributed by atoms with E-state index in [0.29, 0.717) is 29.0 Å². The van der Waals surface area contributed by atoms with Gasteiger partial charge in [-0.25, -0.2) is 4.98 Å². The molecule has 7 heteroatoms. The van der Waals surface area contributed by atoms with Gasteiger partial charge in [0.1, 0.15) is 10.8 Å². The van der Waals surface area contributed by atoms with Crippen LogP contribution in [0.2, 0.25) is 5.02 Å². The van der Waals surface area contributed by atoms with Gasteiger partial charge in [0.25, 0.3) is 0 Å². The van der Waals surface area contributed by atoms with Crippen LogP contribution in [0.1, 0.15) is 17.8 Å². The molecule has 1 aliphatic carbocycles.